The van der Waals surface area contributed by atoms with Crippen LogP contribution < -0.4 is 10.9 Å². The van der Waals surface area contributed by atoms with Gasteiger partial charge in [-0.25, -0.2) is 9.37 Å². The Labute approximate surface area is 199 Å². The number of carbonyl (C=O) groups is 1. The summed E-state index contributed by atoms with van der Waals surface area (Å²) in [6, 6.07) is 18.0. The minimum Gasteiger partial charge on any atom is -0.350 e. The molecule has 1 heterocycles. The molecule has 0 saturated carbocycles. The zero-order chi connectivity index (χ0) is 23.5. The van der Waals surface area contributed by atoms with Crippen molar-refractivity contribution in [1.29, 1.82) is 0 Å². The van der Waals surface area contributed by atoms with Gasteiger partial charge in [-0.2, -0.15) is 0 Å². The number of carbonyl (C=O) groups excluding carboxylic acids is 1. The third kappa shape index (κ3) is 5.26. The van der Waals surface area contributed by atoms with Crippen LogP contribution in [-0.2, 0) is 5.75 Å². The molecule has 168 valence electrons. The highest BCUT2D eigenvalue weighted by Gasteiger charge is 2.16. The highest BCUT2D eigenvalue weighted by molar-refractivity contribution is 7.98. The zero-order valence-corrected chi connectivity index (χ0v) is 19.6. The first kappa shape index (κ1) is 23.0. The van der Waals surface area contributed by atoms with Crippen molar-refractivity contribution in [2.45, 2.75) is 30.8 Å². The molecule has 1 aromatic heterocycles. The number of rotatable bonds is 6. The molecule has 8 heteroatoms. The molecule has 0 unspecified atom stereocenters. The number of nitrogens with one attached hydrogen (secondary N) is 1. The molecule has 0 atom stereocenters. The first-order valence-electron chi connectivity index (χ1n) is 10.3. The van der Waals surface area contributed by atoms with Crippen LogP contribution in [0.2, 0.25) is 5.02 Å². The van der Waals surface area contributed by atoms with E-state index in [1.54, 1.807) is 36.4 Å². The summed E-state index contributed by atoms with van der Waals surface area (Å²) >= 11 is 7.43. The van der Waals surface area contributed by atoms with E-state index >= 15 is 0 Å². The molecule has 1 N–H and O–H groups in total. The smallest absolute Gasteiger partial charge is 0.266 e. The van der Waals surface area contributed by atoms with Gasteiger partial charge in [-0.05, 0) is 67.9 Å². The summed E-state index contributed by atoms with van der Waals surface area (Å²) in [5, 5.41) is 4.18. The Morgan fingerprint density at radius 2 is 1.91 bits per heavy atom. The molecule has 33 heavy (non-hydrogen) atoms. The molecule has 0 spiro atoms. The molecule has 0 aliphatic heterocycles. The van der Waals surface area contributed by atoms with E-state index in [4.69, 9.17) is 16.6 Å². The van der Waals surface area contributed by atoms with Crippen molar-refractivity contribution in [1.82, 2.24) is 14.9 Å². The van der Waals surface area contributed by atoms with Crippen molar-refractivity contribution in [2.75, 3.05) is 0 Å². The van der Waals surface area contributed by atoms with Crippen LogP contribution in [0.15, 0.2) is 76.7 Å². The maximum absolute atomic E-state index is 14.0. The number of hydrogen-bond acceptors (Lipinski definition) is 4. The van der Waals surface area contributed by atoms with Crippen molar-refractivity contribution < 1.29 is 9.18 Å². The van der Waals surface area contributed by atoms with Crippen molar-refractivity contribution in [2.24, 2.45) is 0 Å². The fourth-order valence-corrected chi connectivity index (χ4v) is 4.54. The maximum atomic E-state index is 14.0. The van der Waals surface area contributed by atoms with Gasteiger partial charge in [0.25, 0.3) is 11.5 Å². The lowest BCUT2D eigenvalue weighted by Gasteiger charge is -2.14. The molecule has 4 rings (SSSR count). The number of hydrogen-bond donors (Lipinski definition) is 1. The third-order valence-electron chi connectivity index (χ3n) is 4.84. The normalized spacial score (nSPS) is 11.2. The summed E-state index contributed by atoms with van der Waals surface area (Å²) in [5.41, 5.74) is 1.81. The molecule has 0 radical (unpaired) electrons. The minimum absolute atomic E-state index is 0.0223. The van der Waals surface area contributed by atoms with Crippen molar-refractivity contribution in [3.8, 4) is 5.69 Å². The lowest BCUT2D eigenvalue weighted by molar-refractivity contribution is 0.0943. The van der Waals surface area contributed by atoms with E-state index in [0.717, 1.165) is 5.56 Å². The quantitative estimate of drug-likeness (QED) is 0.287. The summed E-state index contributed by atoms with van der Waals surface area (Å²) in [7, 11) is 0. The Hall–Kier alpha value is -3.16. The SMILES string of the molecule is CC(C)NC(=O)c1ccc2c(=O)n(-c3cccc(F)c3)c(SCc3cccc(Cl)c3)nc2c1. The van der Waals surface area contributed by atoms with Crippen LogP contribution in [0.4, 0.5) is 4.39 Å². The Morgan fingerprint density at radius 3 is 2.64 bits per heavy atom. The van der Waals surface area contributed by atoms with Gasteiger partial charge < -0.3 is 5.32 Å². The van der Waals surface area contributed by atoms with Gasteiger partial charge in [0.2, 0.25) is 0 Å². The topological polar surface area (TPSA) is 64.0 Å². The molecular formula is C25H21ClFN3O2S. The molecule has 3 aromatic carbocycles. The molecular weight excluding hydrogens is 461 g/mol. The van der Waals surface area contributed by atoms with Crippen molar-refractivity contribution in [3.05, 3.63) is 99.1 Å². The standard InChI is InChI=1S/C25H21ClFN3O2S/c1-15(2)28-23(31)17-9-10-21-22(12-17)29-25(33-14-16-5-3-6-18(26)11-16)30(24(21)32)20-8-4-7-19(27)13-20/h3-13,15H,14H2,1-2H3,(H,28,31). The van der Waals surface area contributed by atoms with Crippen LogP contribution >= 0.6 is 23.4 Å². The summed E-state index contributed by atoms with van der Waals surface area (Å²) in [6.45, 7) is 3.75. The van der Waals surface area contributed by atoms with Crippen LogP contribution in [0.5, 0.6) is 0 Å². The highest BCUT2D eigenvalue weighted by atomic mass is 35.5. The lowest BCUT2D eigenvalue weighted by Crippen LogP contribution is -2.30. The van der Waals surface area contributed by atoms with Crippen LogP contribution in [0, 0.1) is 5.82 Å². The molecule has 0 saturated heterocycles. The fraction of sp³-hybridized carbons (Fsp3) is 0.160. The van der Waals surface area contributed by atoms with Gasteiger partial charge in [0.1, 0.15) is 5.82 Å². The largest absolute Gasteiger partial charge is 0.350 e. The lowest BCUT2D eigenvalue weighted by atomic mass is 10.1. The Bertz CT molecular complexity index is 1400. The van der Waals surface area contributed by atoms with Gasteiger partial charge in [0, 0.05) is 22.4 Å². The molecule has 4 aromatic rings. The molecule has 0 fully saturated rings. The average Bonchev–Trinajstić information content (AvgIpc) is 2.77. The predicted octanol–water partition coefficient (Wildman–Crippen LogP) is 5.61. The number of amides is 1. The number of aromatic nitrogens is 2. The number of nitrogens with zero attached hydrogens (tertiary/aromatic N) is 2. The Kier molecular flexibility index (Phi) is 6.81. The predicted molar refractivity (Wildman–Crippen MR) is 131 cm³/mol. The summed E-state index contributed by atoms with van der Waals surface area (Å²) in [5.74, 6) is -0.191. The van der Waals surface area contributed by atoms with Crippen LogP contribution in [0.25, 0.3) is 16.6 Å². The van der Waals surface area contributed by atoms with E-state index < -0.39 is 5.82 Å². The fourth-order valence-electron chi connectivity index (χ4n) is 3.37. The molecule has 0 aliphatic carbocycles. The first-order chi connectivity index (χ1) is 15.8. The first-order valence-corrected chi connectivity index (χ1v) is 11.7. The average molecular weight is 482 g/mol. The number of fused-ring (bicyclic) bond motifs is 1. The second-order valence-corrected chi connectivity index (χ2v) is 9.17. The van der Waals surface area contributed by atoms with Crippen molar-refractivity contribution in [3.63, 3.8) is 0 Å². The Balaban J connectivity index is 1.84. The second-order valence-electron chi connectivity index (χ2n) is 7.79. The second kappa shape index (κ2) is 9.77. The van der Waals surface area contributed by atoms with E-state index in [1.807, 2.05) is 32.0 Å². The monoisotopic (exact) mass is 481 g/mol. The van der Waals surface area contributed by atoms with Crippen LogP contribution in [0.3, 0.4) is 0 Å². The van der Waals surface area contributed by atoms with E-state index in [0.29, 0.717) is 38.1 Å². The minimum atomic E-state index is -0.453. The van der Waals surface area contributed by atoms with Crippen LogP contribution in [-0.4, -0.2) is 21.5 Å². The third-order valence-corrected chi connectivity index (χ3v) is 6.09. The molecule has 0 aliphatic rings. The number of thioether (sulfide) groups is 1. The summed E-state index contributed by atoms with van der Waals surface area (Å²) in [4.78, 5) is 30.6. The van der Waals surface area contributed by atoms with Crippen molar-refractivity contribution >= 4 is 40.2 Å². The van der Waals surface area contributed by atoms with Gasteiger partial charge in [0.05, 0.1) is 16.6 Å². The van der Waals surface area contributed by atoms with Gasteiger partial charge >= 0.3 is 0 Å². The van der Waals surface area contributed by atoms with Gasteiger partial charge in [0.15, 0.2) is 5.16 Å². The highest BCUT2D eigenvalue weighted by Crippen LogP contribution is 2.26. The van der Waals surface area contributed by atoms with E-state index in [2.05, 4.69) is 5.32 Å². The Morgan fingerprint density at radius 1 is 1.12 bits per heavy atom. The zero-order valence-electron chi connectivity index (χ0n) is 18.0. The van der Waals surface area contributed by atoms with Crippen LogP contribution in [0.1, 0.15) is 29.8 Å². The molecule has 5 nitrogen and oxygen atoms in total. The molecule has 0 bridgehead atoms. The van der Waals surface area contributed by atoms with Gasteiger partial charge in [-0.15, -0.1) is 0 Å². The summed E-state index contributed by atoms with van der Waals surface area (Å²) < 4.78 is 15.4. The maximum Gasteiger partial charge on any atom is 0.266 e. The van der Waals surface area contributed by atoms with E-state index in [-0.39, 0.29) is 17.5 Å². The van der Waals surface area contributed by atoms with Gasteiger partial charge in [-0.1, -0.05) is 41.6 Å². The van der Waals surface area contributed by atoms with E-state index in [1.165, 1.54) is 28.5 Å². The number of halogens is 2. The molecule has 1 amide bonds. The van der Waals surface area contributed by atoms with E-state index in [9.17, 15) is 14.0 Å². The summed E-state index contributed by atoms with van der Waals surface area (Å²) in [6.07, 6.45) is 0. The number of benzene rings is 3. The van der Waals surface area contributed by atoms with Gasteiger partial charge in [-0.3, -0.25) is 14.2 Å².